The average molecular weight is 337 g/mol. The highest BCUT2D eigenvalue weighted by Crippen LogP contribution is 2.37. The minimum absolute atomic E-state index is 0.00442. The number of halogens is 2. The zero-order valence-electron chi connectivity index (χ0n) is 13.3. The van der Waals surface area contributed by atoms with Crippen LogP contribution < -0.4 is 5.73 Å². The fraction of sp³-hybridized carbons (Fsp3) is 0.389. The van der Waals surface area contributed by atoms with Crippen LogP contribution in [0.2, 0.25) is 5.02 Å². The second-order valence-electron chi connectivity index (χ2n) is 5.77. The Morgan fingerprint density at radius 1 is 1.57 bits per heavy atom. The predicted octanol–water partition coefficient (Wildman–Crippen LogP) is 4.64. The van der Waals surface area contributed by atoms with Crippen LogP contribution in [-0.4, -0.2) is 17.7 Å². The number of carbonyl (C=O) groups is 1. The van der Waals surface area contributed by atoms with Gasteiger partial charge >= 0.3 is 0 Å². The van der Waals surface area contributed by atoms with Crippen LogP contribution in [0.3, 0.4) is 0 Å². The van der Waals surface area contributed by atoms with E-state index in [0.717, 1.165) is 36.8 Å². The number of piperidine rings is 1. The number of nitrogen functional groups attached to an aromatic ring is 1. The highest BCUT2D eigenvalue weighted by atomic mass is 35.5. The molecule has 2 rings (SSSR count). The van der Waals surface area contributed by atoms with Crippen molar-refractivity contribution in [2.24, 2.45) is 0 Å². The molecule has 0 bridgehead atoms. The van der Waals surface area contributed by atoms with Gasteiger partial charge in [-0.2, -0.15) is 0 Å². The van der Waals surface area contributed by atoms with Crippen LogP contribution in [0.5, 0.6) is 0 Å². The van der Waals surface area contributed by atoms with Crippen LogP contribution in [0, 0.1) is 5.82 Å². The van der Waals surface area contributed by atoms with Crippen molar-refractivity contribution in [3.8, 4) is 0 Å². The van der Waals surface area contributed by atoms with Gasteiger partial charge in [0.1, 0.15) is 6.29 Å². The maximum Gasteiger partial charge on any atom is 0.151 e. The zero-order valence-corrected chi connectivity index (χ0v) is 14.1. The molecule has 1 aromatic rings. The summed E-state index contributed by atoms with van der Waals surface area (Å²) in [6.45, 7) is 6.45. The first-order valence-electron chi connectivity index (χ1n) is 7.83. The molecule has 0 aromatic heterocycles. The van der Waals surface area contributed by atoms with Crippen LogP contribution in [-0.2, 0) is 4.79 Å². The molecule has 1 aromatic carbocycles. The summed E-state index contributed by atoms with van der Waals surface area (Å²) in [6, 6.07) is 3.33. The number of likely N-dealkylation sites (tertiary alicyclic amines) is 1. The summed E-state index contributed by atoms with van der Waals surface area (Å²) in [7, 11) is 0. The quantitative estimate of drug-likeness (QED) is 0.484. The number of nitrogens with zero attached hydrogens (tertiary/aromatic N) is 1. The van der Waals surface area contributed by atoms with Gasteiger partial charge < -0.3 is 10.6 Å². The van der Waals surface area contributed by atoms with Gasteiger partial charge in [-0.25, -0.2) is 4.39 Å². The van der Waals surface area contributed by atoms with Gasteiger partial charge in [0, 0.05) is 23.7 Å². The first-order valence-corrected chi connectivity index (χ1v) is 8.21. The monoisotopic (exact) mass is 336 g/mol. The largest absolute Gasteiger partial charge is 0.395 e. The Balaban J connectivity index is 2.30. The van der Waals surface area contributed by atoms with Crippen LogP contribution in [0.25, 0.3) is 0 Å². The number of hydrogen-bond donors (Lipinski definition) is 1. The molecule has 5 heteroatoms. The minimum atomic E-state index is -0.442. The molecule has 1 aliphatic rings. The Labute approximate surface area is 141 Å². The summed E-state index contributed by atoms with van der Waals surface area (Å²) in [5.41, 5.74) is 8.07. The van der Waals surface area contributed by atoms with Crippen molar-refractivity contribution in [3.63, 3.8) is 0 Å². The topological polar surface area (TPSA) is 46.3 Å². The van der Waals surface area contributed by atoms with Gasteiger partial charge in [-0.1, -0.05) is 37.6 Å². The van der Waals surface area contributed by atoms with E-state index >= 15 is 0 Å². The standard InChI is InChI=1S/C18H22ClFN2O/c1-3-5-13(11-23)16-9-6-12(10-22(16)4-2)14-7-8-15(19)18(21)17(14)20/h4,7-8,11-12H,2-3,5-6,9-10,21H2,1H3/b16-13+. The lowest BCUT2D eigenvalue weighted by Crippen LogP contribution is -2.30. The SMILES string of the molecule is C=CN1CC(c2ccc(Cl)c(N)c2F)CC/C1=C(\C=O)CCC. The molecule has 0 spiro atoms. The second-order valence-corrected chi connectivity index (χ2v) is 6.18. The Bertz CT molecular complexity index is 642. The molecular formula is C18H22ClFN2O. The number of carbonyl (C=O) groups excluding carboxylic acids is 1. The number of aldehydes is 1. The third-order valence-corrected chi connectivity index (χ3v) is 4.67. The Morgan fingerprint density at radius 3 is 2.91 bits per heavy atom. The number of allylic oxidation sites excluding steroid dienone is 2. The van der Waals surface area contributed by atoms with E-state index < -0.39 is 5.82 Å². The highest BCUT2D eigenvalue weighted by molar-refractivity contribution is 6.33. The first-order chi connectivity index (χ1) is 11.0. The minimum Gasteiger partial charge on any atom is -0.395 e. The number of rotatable bonds is 5. The van der Waals surface area contributed by atoms with Gasteiger partial charge in [-0.05, 0) is 37.1 Å². The normalized spacial score (nSPS) is 20.3. The van der Waals surface area contributed by atoms with Crippen molar-refractivity contribution < 1.29 is 9.18 Å². The predicted molar refractivity (Wildman–Crippen MR) is 92.7 cm³/mol. The molecule has 2 N–H and O–H groups in total. The van der Waals surface area contributed by atoms with Gasteiger partial charge in [0.2, 0.25) is 0 Å². The Hall–Kier alpha value is -1.81. The molecule has 0 amide bonds. The second kappa shape index (κ2) is 7.64. The maximum absolute atomic E-state index is 14.4. The fourth-order valence-electron chi connectivity index (χ4n) is 3.12. The van der Waals surface area contributed by atoms with E-state index in [-0.39, 0.29) is 16.6 Å². The van der Waals surface area contributed by atoms with Crippen LogP contribution in [0.1, 0.15) is 44.1 Å². The molecule has 0 aliphatic carbocycles. The van der Waals surface area contributed by atoms with Crippen molar-refractivity contribution in [3.05, 3.63) is 52.6 Å². The fourth-order valence-corrected chi connectivity index (χ4v) is 3.27. The van der Waals surface area contributed by atoms with Gasteiger partial charge in [0.25, 0.3) is 0 Å². The number of anilines is 1. The third kappa shape index (κ3) is 3.58. The van der Waals surface area contributed by atoms with Crippen molar-refractivity contribution >= 4 is 23.6 Å². The van der Waals surface area contributed by atoms with E-state index in [2.05, 4.69) is 6.58 Å². The van der Waals surface area contributed by atoms with Gasteiger partial charge in [-0.3, -0.25) is 4.79 Å². The molecule has 0 radical (unpaired) electrons. The first kappa shape index (κ1) is 17.5. The molecule has 1 saturated heterocycles. The van der Waals surface area contributed by atoms with Gasteiger partial charge in [0.15, 0.2) is 5.82 Å². The van der Waals surface area contributed by atoms with Crippen LogP contribution in [0.4, 0.5) is 10.1 Å². The van der Waals surface area contributed by atoms with E-state index in [1.54, 1.807) is 18.3 Å². The molecule has 1 fully saturated rings. The molecule has 1 atom stereocenters. The lowest BCUT2D eigenvalue weighted by molar-refractivity contribution is -0.105. The van der Waals surface area contributed by atoms with Crippen LogP contribution in [0.15, 0.2) is 36.2 Å². The molecule has 1 aliphatic heterocycles. The van der Waals surface area contributed by atoms with Gasteiger partial charge in [-0.15, -0.1) is 0 Å². The summed E-state index contributed by atoms with van der Waals surface area (Å²) in [5.74, 6) is -0.450. The molecule has 23 heavy (non-hydrogen) atoms. The Morgan fingerprint density at radius 2 is 2.30 bits per heavy atom. The third-order valence-electron chi connectivity index (χ3n) is 4.34. The van der Waals surface area contributed by atoms with Crippen molar-refractivity contribution in [2.75, 3.05) is 12.3 Å². The lowest BCUT2D eigenvalue weighted by Gasteiger charge is -2.35. The zero-order chi connectivity index (χ0) is 17.0. The Kier molecular flexibility index (Phi) is 5.83. The number of benzene rings is 1. The van der Waals surface area contributed by atoms with Gasteiger partial charge in [0.05, 0.1) is 10.7 Å². The van der Waals surface area contributed by atoms with Crippen molar-refractivity contribution in [1.82, 2.24) is 4.90 Å². The summed E-state index contributed by atoms with van der Waals surface area (Å²) in [6.07, 6.45) is 5.77. The maximum atomic E-state index is 14.4. The average Bonchev–Trinajstić information content (AvgIpc) is 2.57. The molecule has 3 nitrogen and oxygen atoms in total. The van der Waals surface area contributed by atoms with Crippen molar-refractivity contribution in [2.45, 2.75) is 38.5 Å². The van der Waals surface area contributed by atoms with E-state index in [9.17, 15) is 9.18 Å². The smallest absolute Gasteiger partial charge is 0.151 e. The molecule has 1 heterocycles. The molecule has 1 unspecified atom stereocenters. The highest BCUT2D eigenvalue weighted by Gasteiger charge is 2.27. The summed E-state index contributed by atoms with van der Waals surface area (Å²) in [4.78, 5) is 13.3. The van der Waals surface area contributed by atoms with E-state index in [4.69, 9.17) is 17.3 Å². The number of nitrogens with two attached hydrogens (primary N) is 1. The van der Waals surface area contributed by atoms with Crippen molar-refractivity contribution in [1.29, 1.82) is 0 Å². The molecule has 0 saturated carbocycles. The van der Waals surface area contributed by atoms with E-state index in [1.165, 1.54) is 0 Å². The van der Waals surface area contributed by atoms with Crippen LogP contribution >= 0.6 is 11.6 Å². The summed E-state index contributed by atoms with van der Waals surface area (Å²) >= 11 is 5.86. The number of hydrogen-bond acceptors (Lipinski definition) is 3. The van der Waals surface area contributed by atoms with E-state index in [1.807, 2.05) is 11.8 Å². The lowest BCUT2D eigenvalue weighted by atomic mass is 9.87. The summed E-state index contributed by atoms with van der Waals surface area (Å²) < 4.78 is 14.4. The molecule has 124 valence electrons. The molecular weight excluding hydrogens is 315 g/mol. The summed E-state index contributed by atoms with van der Waals surface area (Å²) in [5, 5.41) is 0.231. The van der Waals surface area contributed by atoms with E-state index in [0.29, 0.717) is 18.5 Å².